The lowest BCUT2D eigenvalue weighted by Gasteiger charge is -2.14. The zero-order valence-corrected chi connectivity index (χ0v) is 19.0. The van der Waals surface area contributed by atoms with E-state index < -0.39 is 11.9 Å². The summed E-state index contributed by atoms with van der Waals surface area (Å²) >= 11 is 2.69. The highest BCUT2D eigenvalue weighted by Crippen LogP contribution is 2.31. The van der Waals surface area contributed by atoms with E-state index in [4.69, 9.17) is 5.21 Å². The fourth-order valence-corrected chi connectivity index (χ4v) is 4.60. The number of hydroxylamine groups is 1. The van der Waals surface area contributed by atoms with Gasteiger partial charge in [0.15, 0.2) is 11.2 Å². The number of rotatable bonds is 7. The van der Waals surface area contributed by atoms with Gasteiger partial charge >= 0.3 is 0 Å². The van der Waals surface area contributed by atoms with Gasteiger partial charge in [0.05, 0.1) is 11.4 Å². The Labute approximate surface area is 201 Å². The number of amides is 2. The number of anilines is 2. The number of aromatic nitrogens is 2. The van der Waals surface area contributed by atoms with E-state index in [1.807, 2.05) is 41.1 Å². The van der Waals surface area contributed by atoms with Crippen LogP contribution in [0.25, 0.3) is 11.3 Å². The normalized spacial score (nSPS) is 15.3. The molecule has 1 unspecified atom stereocenters. The summed E-state index contributed by atoms with van der Waals surface area (Å²) in [5.41, 5.74) is 10.7. The van der Waals surface area contributed by atoms with Gasteiger partial charge in [-0.2, -0.15) is 10.1 Å². The Morgan fingerprint density at radius 1 is 1.03 bits per heavy atom. The third-order valence-corrected chi connectivity index (χ3v) is 6.48. The predicted molar refractivity (Wildman–Crippen MR) is 130 cm³/mol. The molecule has 3 heterocycles. The van der Waals surface area contributed by atoms with E-state index in [0.717, 1.165) is 11.1 Å². The van der Waals surface area contributed by atoms with Gasteiger partial charge in [0.1, 0.15) is 0 Å². The highest BCUT2D eigenvalue weighted by Gasteiger charge is 2.39. The smallest absolute Gasteiger partial charge is 0.274 e. The minimum atomic E-state index is -0.741. The van der Waals surface area contributed by atoms with Gasteiger partial charge in [0.2, 0.25) is 5.13 Å². The van der Waals surface area contributed by atoms with Crippen molar-refractivity contribution in [3.63, 3.8) is 0 Å². The topological polar surface area (TPSA) is 132 Å². The van der Waals surface area contributed by atoms with Crippen molar-refractivity contribution in [1.82, 2.24) is 20.9 Å². The van der Waals surface area contributed by atoms with Crippen molar-refractivity contribution in [3.05, 3.63) is 82.7 Å². The van der Waals surface area contributed by atoms with Crippen LogP contribution < -0.4 is 21.3 Å². The molecule has 1 atom stereocenters. The van der Waals surface area contributed by atoms with Crippen LogP contribution in [0, 0.1) is 0 Å². The third kappa shape index (κ3) is 4.30. The lowest BCUT2D eigenvalue weighted by Crippen LogP contribution is -2.46. The van der Waals surface area contributed by atoms with Gasteiger partial charge in [-0.25, -0.2) is 20.9 Å². The lowest BCUT2D eigenvalue weighted by molar-refractivity contribution is -0.118. The van der Waals surface area contributed by atoms with Gasteiger partial charge in [0.25, 0.3) is 11.8 Å². The molecule has 0 spiro atoms. The number of carbonyl (C=O) groups is 2. The maximum atomic E-state index is 13.3. The van der Waals surface area contributed by atoms with Crippen LogP contribution >= 0.6 is 22.7 Å². The van der Waals surface area contributed by atoms with Gasteiger partial charge in [0, 0.05) is 33.6 Å². The van der Waals surface area contributed by atoms with E-state index in [2.05, 4.69) is 25.9 Å². The van der Waals surface area contributed by atoms with Gasteiger partial charge in [-0.15, -0.1) is 22.7 Å². The molecule has 2 aromatic heterocycles. The summed E-state index contributed by atoms with van der Waals surface area (Å²) in [6.45, 7) is 0. The van der Waals surface area contributed by atoms with Crippen LogP contribution in [0.1, 0.15) is 15.9 Å². The Hall–Kier alpha value is -3.97. The fraction of sp³-hybridized carbons (Fsp3) is 0.0455. The van der Waals surface area contributed by atoms with Crippen LogP contribution in [-0.4, -0.2) is 38.7 Å². The maximum Gasteiger partial charge on any atom is 0.274 e. The van der Waals surface area contributed by atoms with Crippen LogP contribution in [0.3, 0.4) is 0 Å². The van der Waals surface area contributed by atoms with Crippen LogP contribution in [0.5, 0.6) is 0 Å². The molecule has 2 aromatic carbocycles. The first-order valence-electron chi connectivity index (χ1n) is 10.0. The van der Waals surface area contributed by atoms with Gasteiger partial charge in [-0.05, 0) is 12.1 Å². The molecule has 170 valence electrons. The molecule has 0 saturated heterocycles. The number of hydrazone groups is 1. The monoisotopic (exact) mass is 491 g/mol. The third-order valence-electron chi connectivity index (χ3n) is 4.98. The molecule has 0 aliphatic carbocycles. The summed E-state index contributed by atoms with van der Waals surface area (Å²) in [5, 5.41) is 19.4. The van der Waals surface area contributed by atoms with Crippen LogP contribution in [-0.2, 0) is 4.79 Å². The van der Waals surface area contributed by atoms with E-state index in [0.29, 0.717) is 27.2 Å². The van der Waals surface area contributed by atoms with E-state index >= 15 is 0 Å². The van der Waals surface area contributed by atoms with E-state index in [1.54, 1.807) is 35.9 Å². The van der Waals surface area contributed by atoms with E-state index in [9.17, 15) is 9.59 Å². The number of carbonyl (C=O) groups excluding carboxylic acids is 2. The van der Waals surface area contributed by atoms with Crippen LogP contribution in [0.4, 0.5) is 10.3 Å². The maximum absolute atomic E-state index is 13.3. The summed E-state index contributed by atoms with van der Waals surface area (Å²) in [7, 11) is 0. The average molecular weight is 492 g/mol. The van der Waals surface area contributed by atoms with Crippen molar-refractivity contribution in [2.24, 2.45) is 5.10 Å². The number of hydrazine groups is 1. The molecule has 1 aliphatic heterocycles. The summed E-state index contributed by atoms with van der Waals surface area (Å²) in [6.07, 6.45) is 1.67. The molecule has 0 fully saturated rings. The second-order valence-corrected chi connectivity index (χ2v) is 8.81. The molecule has 4 aromatic rings. The van der Waals surface area contributed by atoms with Gasteiger partial charge in [-0.1, -0.05) is 42.5 Å². The average Bonchev–Trinajstić information content (AvgIpc) is 3.64. The SMILES string of the molecule is O=C(NO)c1ccc(-c2csc(N3N=C(c4ccccc4)C(NNc4nccs4)C3=O)n2)cc1. The van der Waals surface area contributed by atoms with Crippen LogP contribution in [0.2, 0.25) is 0 Å². The minimum Gasteiger partial charge on any atom is -0.296 e. The molecule has 12 heteroatoms. The molecule has 2 amide bonds. The molecule has 5 rings (SSSR count). The second kappa shape index (κ2) is 9.49. The molecular weight excluding hydrogens is 474 g/mol. The van der Waals surface area contributed by atoms with Crippen molar-refractivity contribution in [3.8, 4) is 11.3 Å². The summed E-state index contributed by atoms with van der Waals surface area (Å²) in [4.78, 5) is 33.6. The first-order valence-corrected chi connectivity index (χ1v) is 11.8. The molecular formula is C22H17N7O3S2. The Bertz CT molecular complexity index is 1340. The van der Waals surface area contributed by atoms with E-state index in [-0.39, 0.29) is 5.91 Å². The second-order valence-electron chi connectivity index (χ2n) is 7.07. The van der Waals surface area contributed by atoms with Gasteiger partial charge < -0.3 is 0 Å². The summed E-state index contributed by atoms with van der Waals surface area (Å²) < 4.78 is 0. The minimum absolute atomic E-state index is 0.279. The first kappa shape index (κ1) is 21.9. The number of benzene rings is 2. The Kier molecular flexibility index (Phi) is 6.10. The number of hydrogen-bond donors (Lipinski definition) is 4. The molecule has 0 radical (unpaired) electrons. The zero-order chi connectivity index (χ0) is 23.5. The van der Waals surface area contributed by atoms with Crippen molar-refractivity contribution >= 4 is 50.5 Å². The standard InChI is InChI=1S/C22H17N7O3S2/c30-19(28-32)15-8-6-13(7-9-15)16-12-34-22(24-16)29-20(31)18(25-26-21-23-10-11-33-21)17(27-29)14-4-2-1-3-5-14/h1-12,18,25,32H,(H,23,26)(H,28,30). The van der Waals surface area contributed by atoms with Gasteiger partial charge in [-0.3, -0.25) is 20.2 Å². The molecule has 1 aliphatic rings. The Balaban J connectivity index is 1.42. The highest BCUT2D eigenvalue weighted by molar-refractivity contribution is 7.14. The quantitative estimate of drug-likeness (QED) is 0.231. The predicted octanol–water partition coefficient (Wildman–Crippen LogP) is 3.12. The number of hydrogen-bond acceptors (Lipinski definition) is 10. The van der Waals surface area contributed by atoms with Crippen molar-refractivity contribution in [1.29, 1.82) is 0 Å². The summed E-state index contributed by atoms with van der Waals surface area (Å²) in [5.74, 6) is -0.875. The van der Waals surface area contributed by atoms with Crippen LogP contribution in [0.15, 0.2) is 76.7 Å². The first-order chi connectivity index (χ1) is 16.6. The number of nitrogens with zero attached hydrogens (tertiary/aromatic N) is 4. The largest absolute Gasteiger partial charge is 0.296 e. The fourth-order valence-electron chi connectivity index (χ4n) is 3.32. The molecule has 0 bridgehead atoms. The molecule has 0 saturated carbocycles. The molecule has 4 N–H and O–H groups in total. The van der Waals surface area contributed by atoms with Crippen molar-refractivity contribution in [2.45, 2.75) is 6.04 Å². The molecule has 34 heavy (non-hydrogen) atoms. The number of nitrogens with one attached hydrogen (secondary N) is 3. The Morgan fingerprint density at radius 3 is 2.53 bits per heavy atom. The number of thiazole rings is 2. The summed E-state index contributed by atoms with van der Waals surface area (Å²) in [6, 6.07) is 15.3. The van der Waals surface area contributed by atoms with Crippen molar-refractivity contribution < 1.29 is 14.8 Å². The lowest BCUT2D eigenvalue weighted by atomic mass is 10.0. The Morgan fingerprint density at radius 2 is 1.82 bits per heavy atom. The highest BCUT2D eigenvalue weighted by atomic mass is 32.1. The zero-order valence-electron chi connectivity index (χ0n) is 17.4. The molecule has 10 nitrogen and oxygen atoms in total. The van der Waals surface area contributed by atoms with Crippen molar-refractivity contribution in [2.75, 3.05) is 10.4 Å². The van der Waals surface area contributed by atoms with E-state index in [1.165, 1.54) is 27.7 Å².